The average molecular weight is 486 g/mol. The number of nitrogens with one attached hydrogen (secondary N) is 2. The van der Waals surface area contributed by atoms with E-state index in [2.05, 4.69) is 15.6 Å². The minimum Gasteiger partial charge on any atom is -0.494 e. The smallest absolute Gasteiger partial charge is 0.239 e. The Bertz CT molecular complexity index is 702. The largest absolute Gasteiger partial charge is 0.494 e. The molecule has 0 bridgehead atoms. The van der Waals surface area contributed by atoms with E-state index in [1.807, 2.05) is 49.2 Å². The van der Waals surface area contributed by atoms with E-state index >= 15 is 0 Å². The molecule has 148 valence electrons. The van der Waals surface area contributed by atoms with Crippen molar-refractivity contribution in [2.24, 2.45) is 4.99 Å². The normalized spacial score (nSPS) is 10.7. The number of rotatable bonds is 8. The molecule has 0 saturated heterocycles. The van der Waals surface area contributed by atoms with Crippen LogP contribution < -0.4 is 15.4 Å². The Balaban J connectivity index is 0.00000364. The third-order valence-electron chi connectivity index (χ3n) is 3.67. The molecule has 0 aliphatic carbocycles. The van der Waals surface area contributed by atoms with Gasteiger partial charge in [-0.25, -0.2) is 0 Å². The molecule has 1 heterocycles. The number of carbonyl (C=O) groups is 1. The van der Waals surface area contributed by atoms with Crippen LogP contribution in [0.1, 0.15) is 18.2 Å². The number of aliphatic imine (C=N–C) groups is 1. The van der Waals surface area contributed by atoms with E-state index in [9.17, 15) is 4.79 Å². The fourth-order valence-electron chi connectivity index (χ4n) is 2.41. The Morgan fingerprint density at radius 3 is 2.56 bits per heavy atom. The van der Waals surface area contributed by atoms with Gasteiger partial charge in [0, 0.05) is 20.6 Å². The van der Waals surface area contributed by atoms with Gasteiger partial charge in [0.25, 0.3) is 0 Å². The maximum Gasteiger partial charge on any atom is 0.239 e. The first-order valence-electron chi connectivity index (χ1n) is 8.55. The van der Waals surface area contributed by atoms with Crippen LogP contribution in [0.2, 0.25) is 0 Å². The van der Waals surface area contributed by atoms with Gasteiger partial charge in [-0.2, -0.15) is 0 Å². The molecule has 0 aliphatic rings. The number of hydrogen-bond acceptors (Lipinski definition) is 4. The lowest BCUT2D eigenvalue weighted by molar-refractivity contribution is -0.120. The molecule has 2 aromatic rings. The average Bonchev–Trinajstić information content (AvgIpc) is 3.16. The highest BCUT2D eigenvalue weighted by atomic mass is 127. The summed E-state index contributed by atoms with van der Waals surface area (Å²) in [4.78, 5) is 18.1. The van der Waals surface area contributed by atoms with Crippen LogP contribution in [0.25, 0.3) is 0 Å². The van der Waals surface area contributed by atoms with E-state index in [1.54, 1.807) is 19.4 Å². The number of ether oxygens (including phenoxy) is 1. The molecule has 1 aromatic heterocycles. The molecule has 0 spiro atoms. The van der Waals surface area contributed by atoms with Gasteiger partial charge in [-0.3, -0.25) is 9.79 Å². The molecule has 1 amide bonds. The Morgan fingerprint density at radius 1 is 1.22 bits per heavy atom. The van der Waals surface area contributed by atoms with Gasteiger partial charge in [0.15, 0.2) is 5.96 Å². The third-order valence-corrected chi connectivity index (χ3v) is 3.67. The molecular weight excluding hydrogens is 459 g/mol. The zero-order valence-electron chi connectivity index (χ0n) is 15.9. The zero-order valence-corrected chi connectivity index (χ0v) is 18.2. The van der Waals surface area contributed by atoms with Crippen LogP contribution in [0.4, 0.5) is 0 Å². The van der Waals surface area contributed by atoms with E-state index < -0.39 is 0 Å². The van der Waals surface area contributed by atoms with E-state index in [-0.39, 0.29) is 36.4 Å². The molecule has 0 aliphatic heterocycles. The molecule has 0 saturated carbocycles. The SMILES string of the molecule is CCOc1ccc(CN(C)C(=NC)NCC(=O)NCc2ccco2)cc1.I. The van der Waals surface area contributed by atoms with Gasteiger partial charge in [-0.1, -0.05) is 12.1 Å². The number of carbonyl (C=O) groups excluding carboxylic acids is 1. The summed E-state index contributed by atoms with van der Waals surface area (Å²) in [6.07, 6.45) is 1.58. The molecule has 0 fully saturated rings. The van der Waals surface area contributed by atoms with Crippen molar-refractivity contribution in [1.82, 2.24) is 15.5 Å². The number of furan rings is 1. The lowest BCUT2D eigenvalue weighted by Gasteiger charge is -2.22. The fourth-order valence-corrected chi connectivity index (χ4v) is 2.41. The molecule has 7 nitrogen and oxygen atoms in total. The van der Waals surface area contributed by atoms with Crippen molar-refractivity contribution in [3.05, 3.63) is 54.0 Å². The van der Waals surface area contributed by atoms with Crippen molar-refractivity contribution in [1.29, 1.82) is 0 Å². The summed E-state index contributed by atoms with van der Waals surface area (Å²) in [7, 11) is 3.62. The Morgan fingerprint density at radius 2 is 1.96 bits per heavy atom. The number of amides is 1. The van der Waals surface area contributed by atoms with E-state index in [0.717, 1.165) is 17.1 Å². The summed E-state index contributed by atoms with van der Waals surface area (Å²) in [5, 5.41) is 5.85. The summed E-state index contributed by atoms with van der Waals surface area (Å²) in [6.45, 7) is 3.79. The molecule has 0 atom stereocenters. The number of nitrogens with zero attached hydrogens (tertiary/aromatic N) is 2. The van der Waals surface area contributed by atoms with Crippen LogP contribution in [-0.4, -0.2) is 44.0 Å². The molecule has 0 unspecified atom stereocenters. The summed E-state index contributed by atoms with van der Waals surface area (Å²) in [6, 6.07) is 11.5. The molecule has 2 N–H and O–H groups in total. The minimum atomic E-state index is -0.128. The Kier molecular flexibility index (Phi) is 10.3. The number of hydrogen-bond donors (Lipinski definition) is 2. The highest BCUT2D eigenvalue weighted by Gasteiger charge is 2.09. The second-order valence-electron chi connectivity index (χ2n) is 5.69. The van der Waals surface area contributed by atoms with Gasteiger partial charge in [-0.05, 0) is 36.8 Å². The van der Waals surface area contributed by atoms with Gasteiger partial charge >= 0.3 is 0 Å². The number of guanidine groups is 1. The maximum absolute atomic E-state index is 11.9. The highest BCUT2D eigenvalue weighted by Crippen LogP contribution is 2.13. The first-order chi connectivity index (χ1) is 12.6. The maximum atomic E-state index is 11.9. The van der Waals surface area contributed by atoms with Crippen LogP contribution >= 0.6 is 24.0 Å². The van der Waals surface area contributed by atoms with Crippen molar-refractivity contribution in [2.75, 3.05) is 27.2 Å². The molecular formula is C19H27IN4O3. The predicted molar refractivity (Wildman–Crippen MR) is 116 cm³/mol. The predicted octanol–water partition coefficient (Wildman–Crippen LogP) is 2.62. The summed E-state index contributed by atoms with van der Waals surface area (Å²) >= 11 is 0. The monoisotopic (exact) mass is 486 g/mol. The molecule has 1 aromatic carbocycles. The second kappa shape index (κ2) is 12.2. The van der Waals surface area contributed by atoms with Gasteiger partial charge in [0.1, 0.15) is 11.5 Å². The number of halogens is 1. The van der Waals surface area contributed by atoms with Crippen molar-refractivity contribution < 1.29 is 13.9 Å². The summed E-state index contributed by atoms with van der Waals surface area (Å²) in [5.41, 5.74) is 1.13. The van der Waals surface area contributed by atoms with Crippen LogP contribution in [0, 0.1) is 0 Å². The highest BCUT2D eigenvalue weighted by molar-refractivity contribution is 14.0. The first-order valence-corrected chi connectivity index (χ1v) is 8.55. The van der Waals surface area contributed by atoms with E-state index in [4.69, 9.17) is 9.15 Å². The van der Waals surface area contributed by atoms with Gasteiger partial charge < -0.3 is 24.7 Å². The van der Waals surface area contributed by atoms with Gasteiger partial charge in [0.05, 0.1) is 26.0 Å². The third kappa shape index (κ3) is 7.90. The van der Waals surface area contributed by atoms with E-state index in [0.29, 0.717) is 25.7 Å². The van der Waals surface area contributed by atoms with Crippen molar-refractivity contribution >= 4 is 35.8 Å². The fraction of sp³-hybridized carbons (Fsp3) is 0.368. The van der Waals surface area contributed by atoms with E-state index in [1.165, 1.54) is 0 Å². The second-order valence-corrected chi connectivity index (χ2v) is 5.69. The van der Waals surface area contributed by atoms with Gasteiger partial charge in [-0.15, -0.1) is 24.0 Å². The lowest BCUT2D eigenvalue weighted by Crippen LogP contribution is -2.43. The zero-order chi connectivity index (χ0) is 18.8. The number of benzene rings is 1. The van der Waals surface area contributed by atoms with Crippen LogP contribution in [0.5, 0.6) is 5.75 Å². The van der Waals surface area contributed by atoms with Crippen molar-refractivity contribution in [3.8, 4) is 5.75 Å². The quantitative estimate of drug-likeness (QED) is 0.341. The van der Waals surface area contributed by atoms with Crippen LogP contribution in [0.3, 0.4) is 0 Å². The van der Waals surface area contributed by atoms with Crippen LogP contribution in [-0.2, 0) is 17.9 Å². The molecule has 0 radical (unpaired) electrons. The Labute approximate surface area is 177 Å². The Hall–Kier alpha value is -2.23. The minimum absolute atomic E-state index is 0. The summed E-state index contributed by atoms with van der Waals surface area (Å²) < 4.78 is 10.6. The van der Waals surface area contributed by atoms with Crippen molar-refractivity contribution in [3.63, 3.8) is 0 Å². The van der Waals surface area contributed by atoms with Gasteiger partial charge in [0.2, 0.25) is 5.91 Å². The summed E-state index contributed by atoms with van der Waals surface area (Å²) in [5.74, 6) is 2.09. The standard InChI is InChI=1S/C19H26N4O3.HI/c1-4-25-16-9-7-15(8-10-16)14-23(3)19(20-2)22-13-18(24)21-12-17-6-5-11-26-17;/h5-11H,4,12-14H2,1-3H3,(H,20,22)(H,21,24);1H. The molecule has 27 heavy (non-hydrogen) atoms. The lowest BCUT2D eigenvalue weighted by atomic mass is 10.2. The topological polar surface area (TPSA) is 79.1 Å². The van der Waals surface area contributed by atoms with Crippen molar-refractivity contribution in [2.45, 2.75) is 20.0 Å². The molecule has 8 heteroatoms. The van der Waals surface area contributed by atoms with Crippen LogP contribution in [0.15, 0.2) is 52.1 Å². The first kappa shape index (κ1) is 22.8. The molecule has 2 rings (SSSR count).